The van der Waals surface area contributed by atoms with Crippen LogP contribution in [0.15, 0.2) is 10.8 Å². The minimum absolute atomic E-state index is 0.523. The Morgan fingerprint density at radius 2 is 2.44 bits per heavy atom. The number of hydrogen-bond donors (Lipinski definition) is 1. The third kappa shape index (κ3) is 1.51. The molecule has 0 radical (unpaired) electrons. The highest BCUT2D eigenvalue weighted by atomic mass is 32.1. The Labute approximate surface area is 58.2 Å². The van der Waals surface area contributed by atoms with Crippen molar-refractivity contribution in [2.75, 3.05) is 0 Å². The molecular formula is C6H9NOS. The van der Waals surface area contributed by atoms with E-state index in [4.69, 9.17) is 5.90 Å². The summed E-state index contributed by atoms with van der Waals surface area (Å²) < 4.78 is 0. The number of nitrogens with two attached hydrogens (primary N) is 1. The molecule has 0 amide bonds. The van der Waals surface area contributed by atoms with Gasteiger partial charge in [0, 0.05) is 0 Å². The van der Waals surface area contributed by atoms with Gasteiger partial charge in [-0.2, -0.15) is 11.3 Å². The van der Waals surface area contributed by atoms with E-state index >= 15 is 0 Å². The Kier molecular flexibility index (Phi) is 2.22. The van der Waals surface area contributed by atoms with Gasteiger partial charge in [-0.1, -0.05) is 0 Å². The van der Waals surface area contributed by atoms with Crippen LogP contribution in [-0.2, 0) is 11.4 Å². The van der Waals surface area contributed by atoms with Gasteiger partial charge in [0.05, 0.1) is 6.61 Å². The lowest BCUT2D eigenvalue weighted by atomic mass is 10.2. The molecule has 0 saturated heterocycles. The third-order valence-corrected chi connectivity index (χ3v) is 2.11. The Morgan fingerprint density at radius 1 is 1.67 bits per heavy atom. The van der Waals surface area contributed by atoms with Crippen LogP contribution in [0.2, 0.25) is 0 Å². The second kappa shape index (κ2) is 2.96. The maximum absolute atomic E-state index is 4.89. The van der Waals surface area contributed by atoms with Crippen LogP contribution >= 0.6 is 11.3 Å². The van der Waals surface area contributed by atoms with Crippen molar-refractivity contribution in [3.05, 3.63) is 21.9 Å². The van der Waals surface area contributed by atoms with E-state index in [2.05, 4.69) is 10.2 Å². The number of thiophene rings is 1. The summed E-state index contributed by atoms with van der Waals surface area (Å²) in [6.07, 6.45) is 0. The average molecular weight is 143 g/mol. The first-order chi connectivity index (χ1) is 4.34. The van der Waals surface area contributed by atoms with Gasteiger partial charge in [0.25, 0.3) is 0 Å². The fraction of sp³-hybridized carbons (Fsp3) is 0.333. The lowest BCUT2D eigenvalue weighted by Gasteiger charge is -1.93. The molecule has 0 bridgehead atoms. The molecule has 1 rings (SSSR count). The van der Waals surface area contributed by atoms with Gasteiger partial charge in [-0.3, -0.25) is 4.84 Å². The molecule has 0 fully saturated rings. The van der Waals surface area contributed by atoms with Crippen molar-refractivity contribution in [3.63, 3.8) is 0 Å². The summed E-state index contributed by atoms with van der Waals surface area (Å²) in [6, 6.07) is 0. The molecule has 1 aromatic heterocycles. The molecule has 2 N–H and O–H groups in total. The fourth-order valence-corrected chi connectivity index (χ4v) is 1.47. The van der Waals surface area contributed by atoms with Crippen LogP contribution in [-0.4, -0.2) is 0 Å². The maximum atomic E-state index is 4.89. The zero-order valence-electron chi connectivity index (χ0n) is 5.26. The van der Waals surface area contributed by atoms with Gasteiger partial charge in [0.15, 0.2) is 0 Å². The van der Waals surface area contributed by atoms with E-state index in [1.54, 1.807) is 11.3 Å². The van der Waals surface area contributed by atoms with Crippen LogP contribution in [0.3, 0.4) is 0 Å². The molecule has 1 aromatic rings. The molecule has 2 nitrogen and oxygen atoms in total. The van der Waals surface area contributed by atoms with E-state index in [9.17, 15) is 0 Å². The van der Waals surface area contributed by atoms with E-state index in [1.807, 2.05) is 12.3 Å². The molecule has 1 heterocycles. The minimum Gasteiger partial charge on any atom is -0.300 e. The lowest BCUT2D eigenvalue weighted by molar-refractivity contribution is 0.124. The van der Waals surface area contributed by atoms with Crippen molar-refractivity contribution in [2.45, 2.75) is 13.5 Å². The van der Waals surface area contributed by atoms with Gasteiger partial charge in [0.2, 0.25) is 0 Å². The van der Waals surface area contributed by atoms with Crippen molar-refractivity contribution in [3.8, 4) is 0 Å². The van der Waals surface area contributed by atoms with Crippen molar-refractivity contribution < 1.29 is 4.84 Å². The molecular weight excluding hydrogens is 134 g/mol. The Bertz CT molecular complexity index is 185. The summed E-state index contributed by atoms with van der Waals surface area (Å²) in [6.45, 7) is 2.57. The standard InChI is InChI=1S/C6H9NOS/c1-5-3-9-4-6(5)2-8-7/h3-4H,2,7H2,1H3. The third-order valence-electron chi connectivity index (χ3n) is 1.20. The molecule has 3 heteroatoms. The minimum atomic E-state index is 0.523. The summed E-state index contributed by atoms with van der Waals surface area (Å²) in [5, 5.41) is 4.12. The zero-order valence-corrected chi connectivity index (χ0v) is 6.07. The van der Waals surface area contributed by atoms with Crippen molar-refractivity contribution in [2.24, 2.45) is 5.90 Å². The fourth-order valence-electron chi connectivity index (χ4n) is 0.624. The zero-order chi connectivity index (χ0) is 6.69. The predicted molar refractivity (Wildman–Crippen MR) is 38.0 cm³/mol. The molecule has 0 atom stereocenters. The van der Waals surface area contributed by atoms with Gasteiger partial charge in [-0.25, -0.2) is 5.90 Å². The van der Waals surface area contributed by atoms with Crippen LogP contribution in [0, 0.1) is 6.92 Å². The number of rotatable bonds is 2. The van der Waals surface area contributed by atoms with Crippen molar-refractivity contribution >= 4 is 11.3 Å². The van der Waals surface area contributed by atoms with Gasteiger partial charge < -0.3 is 0 Å². The quantitative estimate of drug-likeness (QED) is 0.636. The molecule has 0 aliphatic rings. The SMILES string of the molecule is Cc1cscc1CON. The second-order valence-corrected chi connectivity index (χ2v) is 2.63. The van der Waals surface area contributed by atoms with E-state index in [0.717, 1.165) is 0 Å². The molecule has 0 unspecified atom stereocenters. The Morgan fingerprint density at radius 3 is 2.89 bits per heavy atom. The van der Waals surface area contributed by atoms with Gasteiger partial charge in [0.1, 0.15) is 0 Å². The average Bonchev–Trinajstić information content (AvgIpc) is 2.18. The van der Waals surface area contributed by atoms with E-state index in [0.29, 0.717) is 6.61 Å². The van der Waals surface area contributed by atoms with Crippen LogP contribution in [0.5, 0.6) is 0 Å². The highest BCUT2D eigenvalue weighted by molar-refractivity contribution is 7.08. The monoisotopic (exact) mass is 143 g/mol. The Balaban J connectivity index is 2.69. The first-order valence-electron chi connectivity index (χ1n) is 2.68. The summed E-state index contributed by atoms with van der Waals surface area (Å²) in [5.41, 5.74) is 2.44. The van der Waals surface area contributed by atoms with Crippen LogP contribution in [0.1, 0.15) is 11.1 Å². The molecule has 0 aromatic carbocycles. The molecule has 9 heavy (non-hydrogen) atoms. The summed E-state index contributed by atoms with van der Waals surface area (Å²) in [7, 11) is 0. The van der Waals surface area contributed by atoms with Crippen LogP contribution < -0.4 is 5.90 Å². The highest BCUT2D eigenvalue weighted by Crippen LogP contribution is 2.13. The molecule has 50 valence electrons. The van der Waals surface area contributed by atoms with Crippen molar-refractivity contribution in [1.29, 1.82) is 0 Å². The van der Waals surface area contributed by atoms with Gasteiger partial charge in [-0.05, 0) is 28.8 Å². The first-order valence-corrected chi connectivity index (χ1v) is 3.62. The van der Waals surface area contributed by atoms with Crippen molar-refractivity contribution in [1.82, 2.24) is 0 Å². The lowest BCUT2D eigenvalue weighted by Crippen LogP contribution is -1.98. The summed E-state index contributed by atoms with van der Waals surface area (Å²) >= 11 is 1.67. The van der Waals surface area contributed by atoms with Gasteiger partial charge >= 0.3 is 0 Å². The van der Waals surface area contributed by atoms with Crippen LogP contribution in [0.25, 0.3) is 0 Å². The smallest absolute Gasteiger partial charge is 0.0940 e. The normalized spacial score (nSPS) is 10.0. The predicted octanol–water partition coefficient (Wildman–Crippen LogP) is 1.45. The van der Waals surface area contributed by atoms with Crippen LogP contribution in [0.4, 0.5) is 0 Å². The number of aryl methyl sites for hydroxylation is 1. The first kappa shape index (κ1) is 6.74. The second-order valence-electron chi connectivity index (χ2n) is 1.89. The summed E-state index contributed by atoms with van der Waals surface area (Å²) in [5.74, 6) is 4.89. The topological polar surface area (TPSA) is 35.2 Å². The molecule has 0 aliphatic heterocycles. The highest BCUT2D eigenvalue weighted by Gasteiger charge is 1.95. The maximum Gasteiger partial charge on any atom is 0.0940 e. The number of hydrogen-bond acceptors (Lipinski definition) is 3. The largest absolute Gasteiger partial charge is 0.300 e. The molecule has 0 saturated carbocycles. The van der Waals surface area contributed by atoms with E-state index in [-0.39, 0.29) is 0 Å². The molecule has 0 aliphatic carbocycles. The van der Waals surface area contributed by atoms with E-state index in [1.165, 1.54) is 11.1 Å². The van der Waals surface area contributed by atoms with Gasteiger partial charge in [-0.15, -0.1) is 0 Å². The Hall–Kier alpha value is -0.380. The summed E-state index contributed by atoms with van der Waals surface area (Å²) in [4.78, 5) is 4.47. The van der Waals surface area contributed by atoms with E-state index < -0.39 is 0 Å². The molecule has 0 spiro atoms.